The molecule has 1 aromatic heterocycles. The number of hydrogen-bond donors (Lipinski definition) is 1. The Morgan fingerprint density at radius 3 is 2.67 bits per heavy atom. The van der Waals surface area contributed by atoms with Gasteiger partial charge in [0.2, 0.25) is 0 Å². The van der Waals surface area contributed by atoms with Gasteiger partial charge >= 0.3 is 5.63 Å². The maximum atomic E-state index is 12.7. The predicted molar refractivity (Wildman–Crippen MR) is 102 cm³/mol. The van der Waals surface area contributed by atoms with Crippen molar-refractivity contribution >= 4 is 16.9 Å². The van der Waals surface area contributed by atoms with E-state index in [1.54, 1.807) is 25.3 Å². The van der Waals surface area contributed by atoms with Gasteiger partial charge in [0.05, 0.1) is 18.8 Å². The minimum Gasteiger partial charge on any atom is -0.496 e. The molecule has 6 heteroatoms. The molecule has 0 saturated heterocycles. The second-order valence-electron chi connectivity index (χ2n) is 6.30. The van der Waals surface area contributed by atoms with E-state index < -0.39 is 5.63 Å². The zero-order valence-electron chi connectivity index (χ0n) is 15.4. The first kappa shape index (κ1) is 18.5. The number of benzene rings is 2. The van der Waals surface area contributed by atoms with Crippen LogP contribution in [-0.4, -0.2) is 19.1 Å². The molecule has 140 valence electrons. The normalized spacial score (nSPS) is 10.8. The van der Waals surface area contributed by atoms with Crippen LogP contribution < -0.4 is 20.4 Å². The number of rotatable bonds is 6. The predicted octanol–water partition coefficient (Wildman–Crippen LogP) is 3.52. The van der Waals surface area contributed by atoms with Gasteiger partial charge in [-0.05, 0) is 32.0 Å². The maximum Gasteiger partial charge on any atom is 0.337 e. The SMILES string of the molecule is COc1ccccc1CNC(=O)c1cc(=O)oc2cc(OC(C)C)ccc12. The standard InChI is InChI=1S/C21H21NO5/c1-13(2)26-15-8-9-16-17(11-20(23)27-19(16)10-15)21(24)22-12-14-6-4-5-7-18(14)25-3/h4-11,13H,12H2,1-3H3,(H,22,24). The summed E-state index contributed by atoms with van der Waals surface area (Å²) in [5.74, 6) is 0.897. The monoisotopic (exact) mass is 367 g/mol. The Labute approximate surface area is 156 Å². The molecule has 0 aliphatic rings. The van der Waals surface area contributed by atoms with Crippen molar-refractivity contribution in [2.24, 2.45) is 0 Å². The van der Waals surface area contributed by atoms with E-state index in [0.29, 0.717) is 22.5 Å². The third-order valence-electron chi connectivity index (χ3n) is 3.96. The molecular formula is C21H21NO5. The van der Waals surface area contributed by atoms with E-state index in [9.17, 15) is 9.59 Å². The van der Waals surface area contributed by atoms with Crippen LogP contribution in [0, 0.1) is 0 Å². The quantitative estimate of drug-likeness (QED) is 0.675. The fraction of sp³-hybridized carbons (Fsp3) is 0.238. The topological polar surface area (TPSA) is 77.8 Å². The summed E-state index contributed by atoms with van der Waals surface area (Å²) in [7, 11) is 1.58. The molecule has 27 heavy (non-hydrogen) atoms. The molecule has 6 nitrogen and oxygen atoms in total. The Kier molecular flexibility index (Phi) is 5.45. The summed E-state index contributed by atoms with van der Waals surface area (Å²) >= 11 is 0. The third kappa shape index (κ3) is 4.28. The molecule has 0 aliphatic carbocycles. The van der Waals surface area contributed by atoms with Crippen molar-refractivity contribution in [3.8, 4) is 11.5 Å². The highest BCUT2D eigenvalue weighted by Gasteiger charge is 2.15. The van der Waals surface area contributed by atoms with Gasteiger partial charge in [0.15, 0.2) is 0 Å². The first-order valence-electron chi connectivity index (χ1n) is 8.62. The Bertz CT molecular complexity index is 1020. The minimum absolute atomic E-state index is 0.0125. The van der Waals surface area contributed by atoms with Gasteiger partial charge < -0.3 is 19.2 Å². The van der Waals surface area contributed by atoms with Crippen LogP contribution in [0.5, 0.6) is 11.5 Å². The van der Waals surface area contributed by atoms with Crippen LogP contribution in [0.15, 0.2) is 57.7 Å². The summed E-state index contributed by atoms with van der Waals surface area (Å²) in [5, 5.41) is 3.37. The zero-order chi connectivity index (χ0) is 19.4. The van der Waals surface area contributed by atoms with E-state index in [2.05, 4.69) is 5.32 Å². The van der Waals surface area contributed by atoms with Gasteiger partial charge in [-0.25, -0.2) is 4.79 Å². The van der Waals surface area contributed by atoms with Crippen LogP contribution >= 0.6 is 0 Å². The van der Waals surface area contributed by atoms with Crippen molar-refractivity contribution in [3.63, 3.8) is 0 Å². The Morgan fingerprint density at radius 2 is 1.93 bits per heavy atom. The molecule has 3 aromatic rings. The van der Waals surface area contributed by atoms with Crippen LogP contribution in [0.25, 0.3) is 11.0 Å². The third-order valence-corrected chi connectivity index (χ3v) is 3.96. The van der Waals surface area contributed by atoms with Gasteiger partial charge in [-0.2, -0.15) is 0 Å². The minimum atomic E-state index is -0.591. The van der Waals surface area contributed by atoms with Gasteiger partial charge in [0, 0.05) is 29.6 Å². The molecule has 3 rings (SSSR count). The molecule has 0 saturated carbocycles. The molecular weight excluding hydrogens is 346 g/mol. The lowest BCUT2D eigenvalue weighted by molar-refractivity contribution is 0.0951. The van der Waals surface area contributed by atoms with E-state index in [1.165, 1.54) is 6.07 Å². The van der Waals surface area contributed by atoms with E-state index in [1.807, 2.05) is 38.1 Å². The number of para-hydroxylation sites is 1. The van der Waals surface area contributed by atoms with Crippen molar-refractivity contribution in [2.75, 3.05) is 7.11 Å². The van der Waals surface area contributed by atoms with Gasteiger partial charge in [-0.1, -0.05) is 18.2 Å². The van der Waals surface area contributed by atoms with E-state index in [4.69, 9.17) is 13.9 Å². The Hall–Kier alpha value is -3.28. The number of amides is 1. The molecule has 1 amide bonds. The highest BCUT2D eigenvalue weighted by Crippen LogP contribution is 2.24. The van der Waals surface area contributed by atoms with E-state index in [-0.39, 0.29) is 24.1 Å². The van der Waals surface area contributed by atoms with Gasteiger partial charge in [0.1, 0.15) is 17.1 Å². The number of hydrogen-bond acceptors (Lipinski definition) is 5. The molecule has 0 spiro atoms. The first-order valence-corrected chi connectivity index (χ1v) is 8.62. The molecule has 0 aliphatic heterocycles. The van der Waals surface area contributed by atoms with Gasteiger partial charge in [0.25, 0.3) is 5.91 Å². The fourth-order valence-electron chi connectivity index (χ4n) is 2.80. The summed E-state index contributed by atoms with van der Waals surface area (Å²) in [6, 6.07) is 13.7. The van der Waals surface area contributed by atoms with Crippen LogP contribution in [0.1, 0.15) is 29.8 Å². The van der Waals surface area contributed by atoms with E-state index in [0.717, 1.165) is 5.56 Å². The fourth-order valence-corrected chi connectivity index (χ4v) is 2.80. The Balaban J connectivity index is 1.88. The molecule has 0 bridgehead atoms. The van der Waals surface area contributed by atoms with Crippen molar-refractivity contribution in [1.29, 1.82) is 0 Å². The lowest BCUT2D eigenvalue weighted by Crippen LogP contribution is -2.24. The highest BCUT2D eigenvalue weighted by atomic mass is 16.5. The molecule has 2 aromatic carbocycles. The number of carbonyl (C=O) groups is 1. The molecule has 0 radical (unpaired) electrons. The average molecular weight is 367 g/mol. The summed E-state index contributed by atoms with van der Waals surface area (Å²) in [6.45, 7) is 4.09. The lowest BCUT2D eigenvalue weighted by atomic mass is 10.1. The molecule has 0 atom stereocenters. The van der Waals surface area contributed by atoms with Crippen molar-refractivity contribution in [2.45, 2.75) is 26.5 Å². The van der Waals surface area contributed by atoms with Gasteiger partial charge in [-0.15, -0.1) is 0 Å². The lowest BCUT2D eigenvalue weighted by Gasteiger charge is -2.12. The molecule has 0 fully saturated rings. The highest BCUT2D eigenvalue weighted by molar-refractivity contribution is 6.05. The summed E-state index contributed by atoms with van der Waals surface area (Å²) in [6.07, 6.45) is -0.0125. The smallest absolute Gasteiger partial charge is 0.337 e. The Morgan fingerprint density at radius 1 is 1.15 bits per heavy atom. The number of fused-ring (bicyclic) bond motifs is 1. The van der Waals surface area contributed by atoms with Crippen LogP contribution in [-0.2, 0) is 6.54 Å². The second-order valence-corrected chi connectivity index (χ2v) is 6.30. The van der Waals surface area contributed by atoms with Crippen LogP contribution in [0.2, 0.25) is 0 Å². The molecule has 1 heterocycles. The van der Waals surface area contributed by atoms with Crippen molar-refractivity contribution in [1.82, 2.24) is 5.32 Å². The summed E-state index contributed by atoms with van der Waals surface area (Å²) in [4.78, 5) is 24.6. The zero-order valence-corrected chi connectivity index (χ0v) is 15.4. The molecule has 0 unspecified atom stereocenters. The van der Waals surface area contributed by atoms with Gasteiger partial charge in [-0.3, -0.25) is 4.79 Å². The number of methoxy groups -OCH3 is 1. The van der Waals surface area contributed by atoms with Crippen LogP contribution in [0.4, 0.5) is 0 Å². The summed E-state index contributed by atoms with van der Waals surface area (Å²) in [5.41, 5.74) is 0.815. The van der Waals surface area contributed by atoms with Crippen LogP contribution in [0.3, 0.4) is 0 Å². The number of ether oxygens (including phenoxy) is 2. The number of nitrogens with one attached hydrogen (secondary N) is 1. The second kappa shape index (κ2) is 7.95. The maximum absolute atomic E-state index is 12.7. The van der Waals surface area contributed by atoms with Crippen molar-refractivity contribution in [3.05, 3.63) is 70.1 Å². The largest absolute Gasteiger partial charge is 0.496 e. The summed E-state index contributed by atoms with van der Waals surface area (Å²) < 4.78 is 16.1. The number of carbonyl (C=O) groups excluding carboxylic acids is 1. The average Bonchev–Trinajstić information content (AvgIpc) is 2.64. The molecule has 1 N–H and O–H groups in total. The van der Waals surface area contributed by atoms with E-state index >= 15 is 0 Å². The first-order chi connectivity index (χ1) is 13.0. The van der Waals surface area contributed by atoms with Crippen molar-refractivity contribution < 1.29 is 18.7 Å².